The van der Waals surface area contributed by atoms with Crippen molar-refractivity contribution in [1.82, 2.24) is 10.6 Å². The molecule has 4 nitrogen and oxygen atoms in total. The van der Waals surface area contributed by atoms with Crippen LogP contribution >= 0.6 is 0 Å². The molecule has 0 heterocycles. The van der Waals surface area contributed by atoms with E-state index in [1.54, 1.807) is 0 Å². The maximum absolute atomic E-state index is 11.6. The number of carbonyl (C=O) groups excluding carboxylic acids is 1. The van der Waals surface area contributed by atoms with Crippen molar-refractivity contribution in [2.75, 3.05) is 13.1 Å². The third-order valence-corrected chi connectivity index (χ3v) is 5.33. The second-order valence-corrected chi connectivity index (χ2v) is 8.55. The van der Waals surface area contributed by atoms with Crippen molar-refractivity contribution in [1.29, 1.82) is 0 Å². The van der Waals surface area contributed by atoms with E-state index in [9.17, 15) is 4.79 Å². The standard InChI is InChI=1S/C17H30N2O2/c1-16(2,3)21-15(20)18-4-5-19-17-9-12-6-13(10-17)8-14(7-12)11-17/h12-14,19H,4-11H2,1-3H3,(H,18,20). The fourth-order valence-corrected chi connectivity index (χ4v) is 5.13. The molecule has 4 aliphatic rings. The maximum Gasteiger partial charge on any atom is 0.407 e. The summed E-state index contributed by atoms with van der Waals surface area (Å²) in [7, 11) is 0. The first-order chi connectivity index (χ1) is 9.84. The Morgan fingerprint density at radius 1 is 1.05 bits per heavy atom. The first-order valence-electron chi connectivity index (χ1n) is 8.55. The first kappa shape index (κ1) is 15.1. The van der Waals surface area contributed by atoms with Gasteiger partial charge in [0.2, 0.25) is 0 Å². The second-order valence-electron chi connectivity index (χ2n) is 8.55. The highest BCUT2D eigenvalue weighted by Gasteiger charge is 2.50. The summed E-state index contributed by atoms with van der Waals surface area (Å²) in [6.07, 6.45) is 8.16. The molecule has 0 aromatic rings. The van der Waals surface area contributed by atoms with Crippen LogP contribution in [-0.4, -0.2) is 30.3 Å². The van der Waals surface area contributed by atoms with E-state index in [1.807, 2.05) is 20.8 Å². The van der Waals surface area contributed by atoms with Gasteiger partial charge in [-0.25, -0.2) is 4.79 Å². The van der Waals surface area contributed by atoms with Gasteiger partial charge in [0.25, 0.3) is 0 Å². The van der Waals surface area contributed by atoms with Crippen LogP contribution in [-0.2, 0) is 4.74 Å². The van der Waals surface area contributed by atoms with Gasteiger partial charge in [-0.15, -0.1) is 0 Å². The smallest absolute Gasteiger partial charge is 0.407 e. The molecule has 4 rings (SSSR count). The quantitative estimate of drug-likeness (QED) is 0.783. The van der Waals surface area contributed by atoms with Crippen LogP contribution in [0.1, 0.15) is 59.3 Å². The van der Waals surface area contributed by atoms with Crippen molar-refractivity contribution in [2.24, 2.45) is 17.8 Å². The number of hydrogen-bond donors (Lipinski definition) is 2. The molecule has 0 atom stereocenters. The highest BCUT2D eigenvalue weighted by molar-refractivity contribution is 5.67. The zero-order valence-electron chi connectivity index (χ0n) is 13.7. The number of ether oxygens (including phenoxy) is 1. The third kappa shape index (κ3) is 3.71. The van der Waals surface area contributed by atoms with Gasteiger partial charge in [-0.2, -0.15) is 0 Å². The normalized spacial score (nSPS) is 37.6. The van der Waals surface area contributed by atoms with Crippen LogP contribution < -0.4 is 10.6 Å². The lowest BCUT2D eigenvalue weighted by atomic mass is 9.53. The van der Waals surface area contributed by atoms with E-state index in [0.29, 0.717) is 12.1 Å². The third-order valence-electron chi connectivity index (χ3n) is 5.33. The van der Waals surface area contributed by atoms with Crippen LogP contribution in [0.2, 0.25) is 0 Å². The molecule has 4 fully saturated rings. The summed E-state index contributed by atoms with van der Waals surface area (Å²) in [5.41, 5.74) is -0.0399. The molecule has 0 radical (unpaired) electrons. The van der Waals surface area contributed by atoms with Crippen LogP contribution in [0.4, 0.5) is 4.79 Å². The van der Waals surface area contributed by atoms with Gasteiger partial charge in [0.15, 0.2) is 0 Å². The fourth-order valence-electron chi connectivity index (χ4n) is 5.13. The Kier molecular flexibility index (Phi) is 3.93. The Balaban J connectivity index is 1.41. The van der Waals surface area contributed by atoms with Crippen molar-refractivity contribution in [2.45, 2.75) is 70.4 Å². The molecule has 0 aliphatic heterocycles. The van der Waals surface area contributed by atoms with Crippen LogP contribution in [0, 0.1) is 17.8 Å². The fraction of sp³-hybridized carbons (Fsp3) is 0.941. The van der Waals surface area contributed by atoms with Crippen molar-refractivity contribution >= 4 is 6.09 Å². The molecule has 0 saturated heterocycles. The molecule has 21 heavy (non-hydrogen) atoms. The molecule has 4 heteroatoms. The predicted octanol–water partition coefficient (Wildman–Crippen LogP) is 3.07. The monoisotopic (exact) mass is 294 g/mol. The Morgan fingerprint density at radius 3 is 2.05 bits per heavy atom. The van der Waals surface area contributed by atoms with Gasteiger partial charge in [-0.3, -0.25) is 0 Å². The average Bonchev–Trinajstić information content (AvgIpc) is 2.31. The first-order valence-corrected chi connectivity index (χ1v) is 8.55. The van der Waals surface area contributed by atoms with Gasteiger partial charge in [0.1, 0.15) is 5.60 Å². The number of hydrogen-bond acceptors (Lipinski definition) is 3. The summed E-state index contributed by atoms with van der Waals surface area (Å²) in [5.74, 6) is 2.88. The highest BCUT2D eigenvalue weighted by atomic mass is 16.6. The van der Waals surface area contributed by atoms with E-state index in [0.717, 1.165) is 24.3 Å². The average molecular weight is 294 g/mol. The molecule has 4 saturated carbocycles. The molecular weight excluding hydrogens is 264 g/mol. The Labute approximate surface area is 128 Å². The molecule has 4 aliphatic carbocycles. The van der Waals surface area contributed by atoms with Gasteiger partial charge in [0.05, 0.1) is 0 Å². The SMILES string of the molecule is CC(C)(C)OC(=O)NCCNC12CC3CC(CC(C3)C1)C2. The Bertz CT molecular complexity index is 365. The van der Waals surface area contributed by atoms with Gasteiger partial charge in [-0.1, -0.05) is 0 Å². The maximum atomic E-state index is 11.6. The zero-order chi connectivity index (χ0) is 15.1. The molecule has 1 amide bonds. The van der Waals surface area contributed by atoms with Crippen LogP contribution in [0.3, 0.4) is 0 Å². The van der Waals surface area contributed by atoms with Crippen LogP contribution in [0.25, 0.3) is 0 Å². The van der Waals surface area contributed by atoms with E-state index in [4.69, 9.17) is 4.74 Å². The second kappa shape index (κ2) is 5.45. The lowest BCUT2D eigenvalue weighted by molar-refractivity contribution is -0.0194. The Morgan fingerprint density at radius 2 is 1.57 bits per heavy atom. The molecule has 0 aromatic heterocycles. The highest BCUT2D eigenvalue weighted by Crippen LogP contribution is 2.55. The molecule has 2 N–H and O–H groups in total. The van der Waals surface area contributed by atoms with Crippen molar-refractivity contribution in [3.63, 3.8) is 0 Å². The van der Waals surface area contributed by atoms with E-state index >= 15 is 0 Å². The van der Waals surface area contributed by atoms with Crippen LogP contribution in [0.15, 0.2) is 0 Å². The topological polar surface area (TPSA) is 50.4 Å². The summed E-state index contributed by atoms with van der Waals surface area (Å²) in [6, 6.07) is 0. The summed E-state index contributed by atoms with van der Waals surface area (Å²) in [5, 5.41) is 6.62. The van der Waals surface area contributed by atoms with Gasteiger partial charge >= 0.3 is 6.09 Å². The molecule has 0 unspecified atom stereocenters. The number of carbonyl (C=O) groups is 1. The minimum Gasteiger partial charge on any atom is -0.444 e. The van der Waals surface area contributed by atoms with Gasteiger partial charge in [0, 0.05) is 18.6 Å². The molecule has 0 spiro atoms. The van der Waals surface area contributed by atoms with E-state index in [2.05, 4.69) is 10.6 Å². The summed E-state index contributed by atoms with van der Waals surface area (Å²) in [4.78, 5) is 11.6. The van der Waals surface area contributed by atoms with Crippen molar-refractivity contribution in [3.8, 4) is 0 Å². The lowest BCUT2D eigenvalue weighted by Crippen LogP contribution is -2.59. The van der Waals surface area contributed by atoms with E-state index in [-0.39, 0.29) is 6.09 Å². The molecule has 4 bridgehead atoms. The minimum atomic E-state index is -0.419. The number of amides is 1. The van der Waals surface area contributed by atoms with E-state index < -0.39 is 5.60 Å². The minimum absolute atomic E-state index is 0.310. The molecule has 120 valence electrons. The number of nitrogens with one attached hydrogen (secondary N) is 2. The Hall–Kier alpha value is -0.770. The largest absolute Gasteiger partial charge is 0.444 e. The lowest BCUT2D eigenvalue weighted by Gasteiger charge is -2.57. The summed E-state index contributed by atoms with van der Waals surface area (Å²) >= 11 is 0. The van der Waals surface area contributed by atoms with Crippen molar-refractivity contribution in [3.05, 3.63) is 0 Å². The van der Waals surface area contributed by atoms with Gasteiger partial charge in [-0.05, 0) is 77.0 Å². The summed E-state index contributed by atoms with van der Waals surface area (Å²) < 4.78 is 5.26. The number of rotatable bonds is 4. The zero-order valence-corrected chi connectivity index (χ0v) is 13.7. The van der Waals surface area contributed by atoms with E-state index in [1.165, 1.54) is 38.5 Å². The van der Waals surface area contributed by atoms with Crippen LogP contribution in [0.5, 0.6) is 0 Å². The predicted molar refractivity (Wildman–Crippen MR) is 83.1 cm³/mol. The summed E-state index contributed by atoms with van der Waals surface area (Å²) in [6.45, 7) is 7.17. The number of alkyl carbamates (subject to hydrolysis) is 1. The molecule has 0 aromatic carbocycles. The molecular formula is C17H30N2O2. The van der Waals surface area contributed by atoms with Gasteiger partial charge < -0.3 is 15.4 Å². The van der Waals surface area contributed by atoms with Crippen molar-refractivity contribution < 1.29 is 9.53 Å².